The zero-order chi connectivity index (χ0) is 18.7. The van der Waals surface area contributed by atoms with E-state index in [2.05, 4.69) is 17.5 Å². The molecular weight excluding hydrogens is 364 g/mol. The van der Waals surface area contributed by atoms with Crippen molar-refractivity contribution in [3.8, 4) is 0 Å². The van der Waals surface area contributed by atoms with Gasteiger partial charge in [-0.1, -0.05) is 12.2 Å². The molecule has 2 aliphatic rings. The molecule has 1 unspecified atom stereocenters. The molecule has 3 rings (SSSR count). The molecule has 0 bridgehead atoms. The summed E-state index contributed by atoms with van der Waals surface area (Å²) in [7, 11) is 0. The van der Waals surface area contributed by atoms with Gasteiger partial charge in [0, 0.05) is 30.5 Å². The minimum atomic E-state index is -2.73. The lowest BCUT2D eigenvalue weighted by Gasteiger charge is -2.23. The van der Waals surface area contributed by atoms with Crippen LogP contribution < -0.4 is 15.1 Å². The Bertz CT molecular complexity index is 739. The van der Waals surface area contributed by atoms with Gasteiger partial charge in [0.25, 0.3) is 6.43 Å². The largest absolute Gasteiger partial charge is 0.442 e. The summed E-state index contributed by atoms with van der Waals surface area (Å²) < 4.78 is 29.9. The SMILES string of the molecule is O=C1C=CN(c2ccc(N3CC(CNC(=S)C(F)F)OC3=O)cc2)CC1. The predicted octanol–water partition coefficient (Wildman–Crippen LogP) is 2.49. The average molecular weight is 381 g/mol. The van der Waals surface area contributed by atoms with E-state index >= 15 is 0 Å². The van der Waals surface area contributed by atoms with Gasteiger partial charge in [-0.05, 0) is 30.3 Å². The Morgan fingerprint density at radius 1 is 1.27 bits per heavy atom. The Kier molecular flexibility index (Phi) is 5.46. The van der Waals surface area contributed by atoms with Crippen LogP contribution in [0.5, 0.6) is 0 Å². The Morgan fingerprint density at radius 2 is 1.96 bits per heavy atom. The third-order valence-corrected chi connectivity index (χ3v) is 4.43. The highest BCUT2D eigenvalue weighted by atomic mass is 32.1. The first-order valence-corrected chi connectivity index (χ1v) is 8.46. The third-order valence-electron chi connectivity index (χ3n) is 4.11. The van der Waals surface area contributed by atoms with E-state index in [1.807, 2.05) is 17.0 Å². The molecule has 1 amide bonds. The highest BCUT2D eigenvalue weighted by Gasteiger charge is 2.32. The first-order valence-electron chi connectivity index (χ1n) is 8.06. The van der Waals surface area contributed by atoms with E-state index in [0.717, 1.165) is 5.69 Å². The number of anilines is 2. The van der Waals surface area contributed by atoms with Crippen LogP contribution in [-0.2, 0) is 9.53 Å². The molecule has 138 valence electrons. The van der Waals surface area contributed by atoms with E-state index in [-0.39, 0.29) is 18.9 Å². The maximum atomic E-state index is 12.4. The molecule has 9 heteroatoms. The van der Waals surface area contributed by atoms with Crippen molar-refractivity contribution in [2.45, 2.75) is 19.0 Å². The first-order chi connectivity index (χ1) is 12.4. The van der Waals surface area contributed by atoms with Gasteiger partial charge in [0.15, 0.2) is 5.78 Å². The lowest BCUT2D eigenvalue weighted by Crippen LogP contribution is -2.36. The number of alkyl halides is 2. The number of nitrogens with one attached hydrogen (secondary N) is 1. The number of ether oxygens (including phenoxy) is 1. The number of thiocarbonyl (C=S) groups is 1. The van der Waals surface area contributed by atoms with Crippen LogP contribution >= 0.6 is 12.2 Å². The summed E-state index contributed by atoms with van der Waals surface area (Å²) in [6, 6.07) is 7.25. The quantitative estimate of drug-likeness (QED) is 0.791. The molecular formula is C17H17F2N3O3S. The van der Waals surface area contributed by atoms with E-state index in [1.54, 1.807) is 18.3 Å². The Balaban J connectivity index is 1.60. The van der Waals surface area contributed by atoms with Crippen LogP contribution in [-0.4, -0.2) is 49.0 Å². The van der Waals surface area contributed by atoms with E-state index in [1.165, 1.54) is 11.0 Å². The molecule has 0 saturated carbocycles. The lowest BCUT2D eigenvalue weighted by molar-refractivity contribution is -0.114. The summed E-state index contributed by atoms with van der Waals surface area (Å²) in [6.45, 7) is 0.892. The van der Waals surface area contributed by atoms with E-state index < -0.39 is 23.6 Å². The topological polar surface area (TPSA) is 61.9 Å². The molecule has 0 radical (unpaired) electrons. The number of amides is 1. The van der Waals surface area contributed by atoms with Gasteiger partial charge in [-0.3, -0.25) is 9.69 Å². The van der Waals surface area contributed by atoms with Gasteiger partial charge in [-0.15, -0.1) is 0 Å². The Hall–Kier alpha value is -2.55. The van der Waals surface area contributed by atoms with E-state index in [9.17, 15) is 18.4 Å². The van der Waals surface area contributed by atoms with Crippen molar-refractivity contribution < 1.29 is 23.1 Å². The fourth-order valence-electron chi connectivity index (χ4n) is 2.73. The van der Waals surface area contributed by atoms with Crippen molar-refractivity contribution in [3.05, 3.63) is 36.5 Å². The second kappa shape index (κ2) is 7.77. The van der Waals surface area contributed by atoms with Gasteiger partial charge in [-0.2, -0.15) is 0 Å². The van der Waals surface area contributed by atoms with Crippen LogP contribution in [0.3, 0.4) is 0 Å². The van der Waals surface area contributed by atoms with Gasteiger partial charge in [0.2, 0.25) is 0 Å². The second-order valence-corrected chi connectivity index (χ2v) is 6.34. The molecule has 6 nitrogen and oxygen atoms in total. The molecule has 1 N–H and O–H groups in total. The number of ketones is 1. The van der Waals surface area contributed by atoms with Crippen molar-refractivity contribution >= 4 is 40.5 Å². The van der Waals surface area contributed by atoms with Crippen LogP contribution in [0.25, 0.3) is 0 Å². The molecule has 2 aliphatic heterocycles. The number of halogens is 2. The van der Waals surface area contributed by atoms with Gasteiger partial charge in [-0.25, -0.2) is 13.6 Å². The molecule has 0 spiro atoms. The van der Waals surface area contributed by atoms with Crippen LogP contribution in [0.2, 0.25) is 0 Å². The number of allylic oxidation sites excluding steroid dienone is 1. The molecule has 0 aromatic heterocycles. The van der Waals surface area contributed by atoms with Crippen molar-refractivity contribution in [2.24, 2.45) is 0 Å². The predicted molar refractivity (Wildman–Crippen MR) is 96.8 cm³/mol. The monoisotopic (exact) mass is 381 g/mol. The third kappa shape index (κ3) is 4.16. The zero-order valence-corrected chi connectivity index (χ0v) is 14.5. The summed E-state index contributed by atoms with van der Waals surface area (Å²) in [5.74, 6) is 0.101. The first kappa shape index (κ1) is 18.2. The number of benzene rings is 1. The second-order valence-electron chi connectivity index (χ2n) is 5.90. The Labute approximate surface area is 154 Å². The fourth-order valence-corrected chi connectivity index (χ4v) is 2.81. The number of hydrogen-bond donors (Lipinski definition) is 1. The van der Waals surface area contributed by atoms with Crippen LogP contribution in [0.4, 0.5) is 25.0 Å². The van der Waals surface area contributed by atoms with Crippen LogP contribution in [0.1, 0.15) is 6.42 Å². The summed E-state index contributed by atoms with van der Waals surface area (Å²) in [4.78, 5) is 26.1. The average Bonchev–Trinajstić information content (AvgIpc) is 3.01. The highest BCUT2D eigenvalue weighted by molar-refractivity contribution is 7.80. The molecule has 1 aromatic rings. The van der Waals surface area contributed by atoms with Gasteiger partial charge < -0.3 is 15.0 Å². The summed E-state index contributed by atoms with van der Waals surface area (Å²) in [5, 5.41) is 2.41. The highest BCUT2D eigenvalue weighted by Crippen LogP contribution is 2.25. The minimum absolute atomic E-state index is 0.0378. The van der Waals surface area contributed by atoms with Crippen molar-refractivity contribution in [1.29, 1.82) is 0 Å². The lowest BCUT2D eigenvalue weighted by atomic mass is 10.1. The van der Waals surface area contributed by atoms with Gasteiger partial charge in [0.1, 0.15) is 11.1 Å². The van der Waals surface area contributed by atoms with Crippen LogP contribution in [0, 0.1) is 0 Å². The molecule has 1 atom stereocenters. The maximum Gasteiger partial charge on any atom is 0.414 e. The summed E-state index contributed by atoms with van der Waals surface area (Å²) in [6.07, 6.45) is -0.0861. The molecule has 1 saturated heterocycles. The van der Waals surface area contributed by atoms with E-state index in [4.69, 9.17) is 4.74 Å². The number of carbonyl (C=O) groups excluding carboxylic acids is 2. The van der Waals surface area contributed by atoms with E-state index in [0.29, 0.717) is 18.7 Å². The number of rotatable bonds is 5. The number of carbonyl (C=O) groups is 2. The number of cyclic esters (lactones) is 1. The van der Waals surface area contributed by atoms with Crippen LogP contribution in [0.15, 0.2) is 36.5 Å². The molecule has 1 aromatic carbocycles. The van der Waals surface area contributed by atoms with Gasteiger partial charge in [0.05, 0.1) is 13.1 Å². The molecule has 26 heavy (non-hydrogen) atoms. The fraction of sp³-hybridized carbons (Fsp3) is 0.353. The summed E-state index contributed by atoms with van der Waals surface area (Å²) >= 11 is 4.50. The normalized spacial score (nSPS) is 19.9. The maximum absolute atomic E-state index is 12.4. The summed E-state index contributed by atoms with van der Waals surface area (Å²) in [5.41, 5.74) is 1.56. The molecule has 0 aliphatic carbocycles. The standard InChI is InChI=1S/C17H17F2N3O3S/c18-15(19)16(26)20-9-14-10-22(17(24)25-14)12-3-1-11(2-4-12)21-7-5-13(23)6-8-21/h1-5,7,14-15H,6,8-10H2,(H,20,26). The number of hydrogen-bond acceptors (Lipinski definition) is 5. The molecule has 1 fully saturated rings. The zero-order valence-electron chi connectivity index (χ0n) is 13.7. The smallest absolute Gasteiger partial charge is 0.414 e. The Morgan fingerprint density at radius 3 is 2.58 bits per heavy atom. The van der Waals surface area contributed by atoms with Gasteiger partial charge >= 0.3 is 6.09 Å². The molecule has 2 heterocycles. The van der Waals surface area contributed by atoms with Crippen molar-refractivity contribution in [2.75, 3.05) is 29.4 Å². The van der Waals surface area contributed by atoms with Crippen molar-refractivity contribution in [1.82, 2.24) is 5.32 Å². The minimum Gasteiger partial charge on any atom is -0.442 e. The number of nitrogens with zero attached hydrogens (tertiary/aromatic N) is 2. The van der Waals surface area contributed by atoms with Crippen molar-refractivity contribution in [3.63, 3.8) is 0 Å².